The van der Waals surface area contributed by atoms with Crippen molar-refractivity contribution in [3.8, 4) is 0 Å². The number of amides is 2. The Hall–Kier alpha value is -2.54. The van der Waals surface area contributed by atoms with Gasteiger partial charge in [-0.3, -0.25) is 9.59 Å². The molecule has 0 radical (unpaired) electrons. The van der Waals surface area contributed by atoms with Crippen LogP contribution in [0.15, 0.2) is 48.2 Å². The summed E-state index contributed by atoms with van der Waals surface area (Å²) in [5.41, 5.74) is 1.57. The molecule has 0 atom stereocenters. The van der Waals surface area contributed by atoms with Crippen molar-refractivity contribution < 1.29 is 14.7 Å². The van der Waals surface area contributed by atoms with E-state index in [1.54, 1.807) is 18.2 Å². The number of aliphatic hydroxyl groups is 1. The lowest BCUT2D eigenvalue weighted by Crippen LogP contribution is -2.46. The van der Waals surface area contributed by atoms with Gasteiger partial charge in [-0.2, -0.15) is 0 Å². The zero-order chi connectivity index (χ0) is 21.4. The molecule has 156 valence electrons. The number of carbonyl (C=O) groups excluding carboxylic acids is 2. The SMILES string of the molecule is CCN1CCN(c2ccc(N3C(=O)C(O)=C(c4ccc(Cl)cc4Cl)C3=O)cc2)CC1. The van der Waals surface area contributed by atoms with Crippen molar-refractivity contribution in [3.05, 3.63) is 63.8 Å². The van der Waals surface area contributed by atoms with Crippen LogP contribution in [-0.2, 0) is 9.59 Å². The number of piperazine rings is 1. The smallest absolute Gasteiger partial charge is 0.301 e. The fourth-order valence-electron chi connectivity index (χ4n) is 3.82. The fraction of sp³-hybridized carbons (Fsp3) is 0.273. The molecule has 2 aromatic rings. The number of hydrogen-bond acceptors (Lipinski definition) is 5. The number of rotatable bonds is 4. The maximum atomic E-state index is 13.0. The molecule has 4 rings (SSSR count). The van der Waals surface area contributed by atoms with Crippen LogP contribution in [0.25, 0.3) is 5.57 Å². The molecule has 2 aromatic carbocycles. The van der Waals surface area contributed by atoms with Crippen molar-refractivity contribution in [1.29, 1.82) is 0 Å². The van der Waals surface area contributed by atoms with Crippen LogP contribution >= 0.6 is 23.2 Å². The van der Waals surface area contributed by atoms with E-state index in [1.807, 2.05) is 12.1 Å². The molecule has 30 heavy (non-hydrogen) atoms. The lowest BCUT2D eigenvalue weighted by atomic mass is 10.1. The van der Waals surface area contributed by atoms with Gasteiger partial charge >= 0.3 is 5.91 Å². The van der Waals surface area contributed by atoms with Crippen molar-refractivity contribution in [2.24, 2.45) is 0 Å². The fourth-order valence-corrected chi connectivity index (χ4v) is 4.33. The number of anilines is 2. The van der Waals surface area contributed by atoms with Crippen molar-refractivity contribution in [3.63, 3.8) is 0 Å². The van der Waals surface area contributed by atoms with Gasteiger partial charge in [0.25, 0.3) is 5.91 Å². The summed E-state index contributed by atoms with van der Waals surface area (Å²) in [6.07, 6.45) is 0. The minimum Gasteiger partial charge on any atom is -0.502 e. The Kier molecular flexibility index (Phi) is 5.73. The number of aliphatic hydroxyl groups excluding tert-OH is 1. The molecule has 1 N–H and O–H groups in total. The van der Waals surface area contributed by atoms with Crippen LogP contribution in [0.2, 0.25) is 10.0 Å². The summed E-state index contributed by atoms with van der Waals surface area (Å²) < 4.78 is 0. The minimum atomic E-state index is -0.773. The molecule has 0 spiro atoms. The van der Waals surface area contributed by atoms with E-state index in [0.29, 0.717) is 10.7 Å². The second-order valence-corrected chi connectivity index (χ2v) is 8.07. The number of hydrogen-bond donors (Lipinski definition) is 1. The number of halogens is 2. The van der Waals surface area contributed by atoms with Crippen LogP contribution in [-0.4, -0.2) is 54.5 Å². The molecule has 1 saturated heterocycles. The van der Waals surface area contributed by atoms with Gasteiger partial charge in [-0.15, -0.1) is 0 Å². The van der Waals surface area contributed by atoms with E-state index in [4.69, 9.17) is 23.2 Å². The molecule has 8 heteroatoms. The number of likely N-dealkylation sites (N-methyl/N-ethyl adjacent to an activating group) is 1. The summed E-state index contributed by atoms with van der Waals surface area (Å²) in [5, 5.41) is 11.0. The highest BCUT2D eigenvalue weighted by atomic mass is 35.5. The first-order valence-corrected chi connectivity index (χ1v) is 10.5. The van der Waals surface area contributed by atoms with E-state index in [2.05, 4.69) is 16.7 Å². The third-order valence-electron chi connectivity index (χ3n) is 5.55. The number of imide groups is 1. The average molecular weight is 446 g/mol. The largest absolute Gasteiger partial charge is 0.502 e. The quantitative estimate of drug-likeness (QED) is 0.720. The second kappa shape index (κ2) is 8.30. The zero-order valence-electron chi connectivity index (χ0n) is 16.4. The first-order chi connectivity index (χ1) is 14.4. The highest BCUT2D eigenvalue weighted by Gasteiger charge is 2.41. The Morgan fingerprint density at radius 3 is 2.13 bits per heavy atom. The molecular weight excluding hydrogens is 425 g/mol. The molecular formula is C22H21Cl2N3O3. The van der Waals surface area contributed by atoms with Gasteiger partial charge in [0.05, 0.1) is 16.3 Å². The highest BCUT2D eigenvalue weighted by Crippen LogP contribution is 2.36. The molecule has 2 aliphatic rings. The van der Waals surface area contributed by atoms with Crippen molar-refractivity contribution >= 4 is 52.0 Å². The van der Waals surface area contributed by atoms with E-state index in [-0.39, 0.29) is 16.2 Å². The highest BCUT2D eigenvalue weighted by molar-refractivity contribution is 6.47. The van der Waals surface area contributed by atoms with Crippen molar-refractivity contribution in [1.82, 2.24) is 4.90 Å². The predicted molar refractivity (Wildman–Crippen MR) is 119 cm³/mol. The summed E-state index contributed by atoms with van der Waals surface area (Å²) >= 11 is 12.1. The third-order valence-corrected chi connectivity index (χ3v) is 6.10. The van der Waals surface area contributed by atoms with Gasteiger partial charge in [-0.25, -0.2) is 4.90 Å². The second-order valence-electron chi connectivity index (χ2n) is 7.23. The van der Waals surface area contributed by atoms with Crippen LogP contribution < -0.4 is 9.80 Å². The first kappa shape index (κ1) is 20.7. The van der Waals surface area contributed by atoms with Crippen LogP contribution in [0.1, 0.15) is 12.5 Å². The van der Waals surface area contributed by atoms with Crippen molar-refractivity contribution in [2.75, 3.05) is 42.5 Å². The van der Waals surface area contributed by atoms with E-state index in [1.165, 1.54) is 12.1 Å². The Morgan fingerprint density at radius 2 is 1.53 bits per heavy atom. The van der Waals surface area contributed by atoms with Gasteiger partial charge in [0.15, 0.2) is 5.76 Å². The molecule has 0 saturated carbocycles. The maximum absolute atomic E-state index is 13.0. The van der Waals surface area contributed by atoms with Gasteiger partial charge in [-0.1, -0.05) is 36.2 Å². The monoisotopic (exact) mass is 445 g/mol. The van der Waals surface area contributed by atoms with Crippen molar-refractivity contribution in [2.45, 2.75) is 6.92 Å². The van der Waals surface area contributed by atoms with Crippen LogP contribution in [0.5, 0.6) is 0 Å². The first-order valence-electron chi connectivity index (χ1n) is 9.75. The summed E-state index contributed by atoms with van der Waals surface area (Å²) in [7, 11) is 0. The summed E-state index contributed by atoms with van der Waals surface area (Å²) in [4.78, 5) is 31.3. The molecule has 0 aliphatic carbocycles. The number of nitrogens with zero attached hydrogens (tertiary/aromatic N) is 3. The Morgan fingerprint density at radius 1 is 0.900 bits per heavy atom. The molecule has 6 nitrogen and oxygen atoms in total. The normalized spacial score (nSPS) is 18.0. The zero-order valence-corrected chi connectivity index (χ0v) is 18.0. The molecule has 0 bridgehead atoms. The van der Waals surface area contributed by atoms with E-state index in [0.717, 1.165) is 43.3 Å². The minimum absolute atomic E-state index is 0.124. The number of benzene rings is 2. The van der Waals surface area contributed by atoms with Gasteiger partial charge in [0.2, 0.25) is 0 Å². The van der Waals surface area contributed by atoms with Gasteiger partial charge in [-0.05, 0) is 42.9 Å². The lowest BCUT2D eigenvalue weighted by Gasteiger charge is -2.35. The number of carbonyl (C=O) groups is 2. The topological polar surface area (TPSA) is 64.1 Å². The molecule has 2 amide bonds. The van der Waals surface area contributed by atoms with E-state index < -0.39 is 17.6 Å². The summed E-state index contributed by atoms with van der Waals surface area (Å²) in [5.74, 6) is -2.01. The van der Waals surface area contributed by atoms with Gasteiger partial charge in [0.1, 0.15) is 0 Å². The summed E-state index contributed by atoms with van der Waals surface area (Å²) in [6, 6.07) is 11.8. The molecule has 2 aliphatic heterocycles. The molecule has 2 heterocycles. The predicted octanol–water partition coefficient (Wildman–Crippen LogP) is 3.98. The van der Waals surface area contributed by atoms with Crippen LogP contribution in [0.3, 0.4) is 0 Å². The molecule has 0 aromatic heterocycles. The Balaban J connectivity index is 1.57. The lowest BCUT2D eigenvalue weighted by molar-refractivity contribution is -0.121. The molecule has 1 fully saturated rings. The Bertz CT molecular complexity index is 1030. The standard InChI is InChI=1S/C22H21Cl2N3O3/c1-2-25-9-11-26(12-10-25)15-4-6-16(7-5-15)27-21(29)19(20(28)22(27)30)17-8-3-14(23)13-18(17)24/h3-8,13,28H,2,9-12H2,1H3. The Labute approximate surface area is 184 Å². The molecule has 0 unspecified atom stereocenters. The average Bonchev–Trinajstić information content (AvgIpc) is 2.97. The van der Waals surface area contributed by atoms with Crippen LogP contribution in [0, 0.1) is 0 Å². The third kappa shape index (κ3) is 3.67. The maximum Gasteiger partial charge on any atom is 0.301 e. The van der Waals surface area contributed by atoms with E-state index in [9.17, 15) is 14.7 Å². The summed E-state index contributed by atoms with van der Waals surface area (Å²) in [6.45, 7) is 7.06. The van der Waals surface area contributed by atoms with Gasteiger partial charge < -0.3 is 14.9 Å². The van der Waals surface area contributed by atoms with Crippen LogP contribution in [0.4, 0.5) is 11.4 Å². The van der Waals surface area contributed by atoms with E-state index >= 15 is 0 Å². The van der Waals surface area contributed by atoms with Gasteiger partial charge in [0, 0.05) is 42.5 Å².